The number of carbonyl (C=O) groups is 2. The number of carbonyl (C=O) groups excluding carboxylic acids is 2. The van der Waals surface area contributed by atoms with Crippen LogP contribution in [-0.4, -0.2) is 33.4 Å². The summed E-state index contributed by atoms with van der Waals surface area (Å²) in [5, 5.41) is 3.07. The maximum atomic E-state index is 14.1. The first-order valence-corrected chi connectivity index (χ1v) is 12.1. The highest BCUT2D eigenvalue weighted by molar-refractivity contribution is 7.92. The van der Waals surface area contributed by atoms with Crippen molar-refractivity contribution >= 4 is 50.8 Å². The van der Waals surface area contributed by atoms with Gasteiger partial charge >= 0.3 is 5.97 Å². The lowest BCUT2D eigenvalue weighted by molar-refractivity contribution is -0.142. The van der Waals surface area contributed by atoms with Gasteiger partial charge in [-0.15, -0.1) is 0 Å². The molecule has 0 saturated carbocycles. The highest BCUT2D eigenvalue weighted by Gasteiger charge is 2.26. The number of sulfonamides is 1. The van der Waals surface area contributed by atoms with E-state index in [4.69, 9.17) is 27.9 Å². The summed E-state index contributed by atoms with van der Waals surface area (Å²) < 4.78 is 59.6. The zero-order valence-corrected chi connectivity index (χ0v) is 20.3. The fourth-order valence-corrected chi connectivity index (χ4v) is 4.55. The number of halogens is 4. The number of hydrogen-bond donors (Lipinski definition) is 2. The van der Waals surface area contributed by atoms with Gasteiger partial charge < -0.3 is 10.1 Å². The Morgan fingerprint density at radius 3 is 2.26 bits per heavy atom. The predicted molar refractivity (Wildman–Crippen MR) is 127 cm³/mol. The molecule has 0 aliphatic heterocycles. The molecule has 0 spiro atoms. The van der Waals surface area contributed by atoms with E-state index in [1.54, 1.807) is 24.3 Å². The molecule has 0 heterocycles. The number of amides is 1. The fourth-order valence-electron chi connectivity index (χ4n) is 3.12. The minimum atomic E-state index is -4.57. The van der Waals surface area contributed by atoms with E-state index in [9.17, 15) is 26.8 Å². The fraction of sp³-hybridized carbons (Fsp3) is 0.130. The van der Waals surface area contributed by atoms with E-state index < -0.39 is 44.5 Å². The second-order valence-electron chi connectivity index (χ2n) is 7.25. The third-order valence-corrected chi connectivity index (χ3v) is 6.68. The SMILES string of the molecule is COC(=O)[C@@H](Cc1ccc(Cl)cc1)NC(=O)c1ccc(Cl)cc1NS(=O)(=O)c1ccc(F)cc1F. The lowest BCUT2D eigenvalue weighted by atomic mass is 10.0. The number of methoxy groups -OCH3 is 1. The maximum Gasteiger partial charge on any atom is 0.328 e. The zero-order chi connectivity index (χ0) is 25.8. The van der Waals surface area contributed by atoms with E-state index in [1.165, 1.54) is 12.1 Å². The molecule has 12 heteroatoms. The molecule has 184 valence electrons. The average Bonchev–Trinajstić information content (AvgIpc) is 2.79. The van der Waals surface area contributed by atoms with Crippen LogP contribution >= 0.6 is 23.2 Å². The van der Waals surface area contributed by atoms with Gasteiger partial charge in [0.25, 0.3) is 15.9 Å². The van der Waals surface area contributed by atoms with Crippen LogP contribution < -0.4 is 10.0 Å². The molecule has 0 aliphatic carbocycles. The van der Waals surface area contributed by atoms with Gasteiger partial charge in [0, 0.05) is 22.5 Å². The van der Waals surface area contributed by atoms with Gasteiger partial charge in [-0.3, -0.25) is 9.52 Å². The molecule has 1 atom stereocenters. The van der Waals surface area contributed by atoms with Crippen LogP contribution in [0.4, 0.5) is 14.5 Å². The van der Waals surface area contributed by atoms with E-state index in [-0.39, 0.29) is 22.7 Å². The molecule has 0 aliphatic rings. The normalized spacial score (nSPS) is 12.0. The van der Waals surface area contributed by atoms with Gasteiger partial charge in [0.1, 0.15) is 22.6 Å². The van der Waals surface area contributed by atoms with Crippen LogP contribution in [0.2, 0.25) is 10.0 Å². The van der Waals surface area contributed by atoms with Gasteiger partial charge in [0.05, 0.1) is 18.4 Å². The van der Waals surface area contributed by atoms with Gasteiger partial charge in [-0.05, 0) is 48.0 Å². The minimum Gasteiger partial charge on any atom is -0.467 e. The molecule has 3 aromatic carbocycles. The van der Waals surface area contributed by atoms with Crippen molar-refractivity contribution in [1.82, 2.24) is 5.32 Å². The molecule has 3 aromatic rings. The van der Waals surface area contributed by atoms with Gasteiger partial charge in [-0.25, -0.2) is 22.0 Å². The molecule has 3 rings (SSSR count). The highest BCUT2D eigenvalue weighted by Crippen LogP contribution is 2.26. The summed E-state index contributed by atoms with van der Waals surface area (Å²) in [7, 11) is -3.41. The molecule has 0 bridgehead atoms. The standard InChI is InChI=1S/C23H18Cl2F2N2O5S/c1-34-23(31)20(10-13-2-4-14(24)5-3-13)28-22(30)17-8-6-15(25)11-19(17)29-35(32,33)21-9-7-16(26)12-18(21)27/h2-9,11-12,20,29H,10H2,1H3,(H,28,30)/t20-/m1/s1. The summed E-state index contributed by atoms with van der Waals surface area (Å²) in [4.78, 5) is 24.5. The van der Waals surface area contributed by atoms with Crippen LogP contribution in [0.15, 0.2) is 65.6 Å². The monoisotopic (exact) mass is 542 g/mol. The molecular formula is C23H18Cl2F2N2O5S. The molecule has 0 fully saturated rings. The smallest absolute Gasteiger partial charge is 0.328 e. The molecule has 1 amide bonds. The van der Waals surface area contributed by atoms with Crippen molar-refractivity contribution in [1.29, 1.82) is 0 Å². The number of benzene rings is 3. The van der Waals surface area contributed by atoms with Crippen molar-refractivity contribution < 1.29 is 31.5 Å². The molecule has 0 radical (unpaired) electrons. The largest absolute Gasteiger partial charge is 0.467 e. The molecule has 35 heavy (non-hydrogen) atoms. The van der Waals surface area contributed by atoms with Crippen LogP contribution in [0.1, 0.15) is 15.9 Å². The Labute approximate surface area is 210 Å². The summed E-state index contributed by atoms with van der Waals surface area (Å²) in [5.74, 6) is -3.85. The van der Waals surface area contributed by atoms with Crippen molar-refractivity contribution in [3.8, 4) is 0 Å². The number of ether oxygens (including phenoxy) is 1. The minimum absolute atomic E-state index is 0.0605. The highest BCUT2D eigenvalue weighted by atomic mass is 35.5. The summed E-state index contributed by atoms with van der Waals surface area (Å²) in [6, 6.07) is 11.1. The van der Waals surface area contributed by atoms with E-state index >= 15 is 0 Å². The topological polar surface area (TPSA) is 102 Å². The number of anilines is 1. The van der Waals surface area contributed by atoms with E-state index in [0.29, 0.717) is 16.7 Å². The average molecular weight is 543 g/mol. The summed E-state index contributed by atoms with van der Waals surface area (Å²) in [6.07, 6.45) is 0.0605. The van der Waals surface area contributed by atoms with Crippen molar-refractivity contribution in [2.45, 2.75) is 17.4 Å². The van der Waals surface area contributed by atoms with Crippen LogP contribution in [-0.2, 0) is 26.0 Å². The van der Waals surface area contributed by atoms with Crippen LogP contribution in [0.5, 0.6) is 0 Å². The van der Waals surface area contributed by atoms with Gasteiger partial charge in [0.2, 0.25) is 0 Å². The van der Waals surface area contributed by atoms with Crippen molar-refractivity contribution in [3.05, 3.63) is 93.5 Å². The van der Waals surface area contributed by atoms with Crippen LogP contribution in [0, 0.1) is 11.6 Å². The molecule has 0 saturated heterocycles. The van der Waals surface area contributed by atoms with Gasteiger partial charge in [-0.1, -0.05) is 35.3 Å². The number of hydrogen-bond acceptors (Lipinski definition) is 5. The van der Waals surface area contributed by atoms with Crippen molar-refractivity contribution in [2.75, 3.05) is 11.8 Å². The lowest BCUT2D eigenvalue weighted by Crippen LogP contribution is -2.43. The molecule has 2 N–H and O–H groups in total. The van der Waals surface area contributed by atoms with E-state index in [2.05, 4.69) is 10.0 Å². The molecule has 0 aromatic heterocycles. The van der Waals surface area contributed by atoms with E-state index in [1.807, 2.05) is 0 Å². The van der Waals surface area contributed by atoms with Crippen molar-refractivity contribution in [2.24, 2.45) is 0 Å². The Balaban J connectivity index is 1.90. The third-order valence-electron chi connectivity index (χ3n) is 4.80. The van der Waals surface area contributed by atoms with Gasteiger partial charge in [0.15, 0.2) is 0 Å². The van der Waals surface area contributed by atoms with E-state index in [0.717, 1.165) is 25.3 Å². The number of rotatable bonds is 8. The first kappa shape index (κ1) is 26.4. The second-order valence-corrected chi connectivity index (χ2v) is 9.77. The van der Waals surface area contributed by atoms with Gasteiger partial charge in [-0.2, -0.15) is 0 Å². The van der Waals surface area contributed by atoms with Crippen molar-refractivity contribution in [3.63, 3.8) is 0 Å². The first-order valence-electron chi connectivity index (χ1n) is 9.90. The Bertz CT molecular complexity index is 1370. The second kappa shape index (κ2) is 11.0. The van der Waals surface area contributed by atoms with Crippen LogP contribution in [0.25, 0.3) is 0 Å². The summed E-state index contributed by atoms with van der Waals surface area (Å²) in [6.45, 7) is 0. The first-order chi connectivity index (χ1) is 16.5. The Morgan fingerprint density at radius 2 is 1.63 bits per heavy atom. The molecular weight excluding hydrogens is 525 g/mol. The Hall–Kier alpha value is -3.21. The Kier molecular flexibility index (Phi) is 8.31. The number of esters is 1. The number of nitrogens with one attached hydrogen (secondary N) is 2. The zero-order valence-electron chi connectivity index (χ0n) is 18.0. The summed E-state index contributed by atoms with van der Waals surface area (Å²) in [5.41, 5.74) is 0.188. The lowest BCUT2D eigenvalue weighted by Gasteiger charge is -2.19. The summed E-state index contributed by atoms with van der Waals surface area (Å²) >= 11 is 11.8. The molecule has 0 unspecified atom stereocenters. The third kappa shape index (κ3) is 6.68. The molecule has 7 nitrogen and oxygen atoms in total. The maximum absolute atomic E-state index is 14.1. The quantitative estimate of drug-likeness (QED) is 0.405. The predicted octanol–water partition coefficient (Wildman–Crippen LogP) is 4.59. The van der Waals surface area contributed by atoms with Crippen LogP contribution in [0.3, 0.4) is 0 Å². The Morgan fingerprint density at radius 1 is 0.971 bits per heavy atom.